The van der Waals surface area contributed by atoms with Gasteiger partial charge in [-0.05, 0) is 54.3 Å². The molecule has 0 aliphatic carbocycles. The maximum Gasteiger partial charge on any atom is 0.261 e. The highest BCUT2D eigenvalue weighted by atomic mass is 16.5. The molecule has 2 aliphatic rings. The Hall–Kier alpha value is -3.98. The van der Waals surface area contributed by atoms with Crippen molar-refractivity contribution in [3.8, 4) is 11.4 Å². The lowest BCUT2D eigenvalue weighted by Gasteiger charge is -2.38. The highest BCUT2D eigenvalue weighted by Crippen LogP contribution is 2.30. The molecule has 2 aromatic carbocycles. The Morgan fingerprint density at radius 3 is 2.89 bits per heavy atom. The number of likely N-dealkylation sites (tertiary alicyclic amines) is 1. The third kappa shape index (κ3) is 3.97. The van der Waals surface area contributed by atoms with Crippen LogP contribution in [-0.4, -0.2) is 61.0 Å². The lowest BCUT2D eigenvalue weighted by atomic mass is 9.85. The molecule has 6 rings (SSSR count). The van der Waals surface area contributed by atoms with Crippen LogP contribution in [-0.2, 0) is 12.8 Å². The molecule has 2 aromatic heterocycles. The minimum atomic E-state index is -0.900. The first-order chi connectivity index (χ1) is 17.0. The Morgan fingerprint density at radius 1 is 1.17 bits per heavy atom. The van der Waals surface area contributed by atoms with Crippen molar-refractivity contribution >= 4 is 16.9 Å². The van der Waals surface area contributed by atoms with E-state index in [4.69, 9.17) is 4.74 Å². The van der Waals surface area contributed by atoms with Crippen molar-refractivity contribution < 1.29 is 14.6 Å². The van der Waals surface area contributed by atoms with E-state index < -0.39 is 5.60 Å². The summed E-state index contributed by atoms with van der Waals surface area (Å²) < 4.78 is 7.16. The summed E-state index contributed by atoms with van der Waals surface area (Å²) in [7, 11) is 0. The van der Waals surface area contributed by atoms with Gasteiger partial charge in [0.1, 0.15) is 11.1 Å². The van der Waals surface area contributed by atoms with Crippen LogP contribution in [0.4, 0.5) is 0 Å². The maximum atomic E-state index is 13.0. The number of ether oxygens (including phenoxy) is 1. The smallest absolute Gasteiger partial charge is 0.261 e. The molecule has 1 fully saturated rings. The molecule has 9 nitrogen and oxygen atoms in total. The SMILES string of the molecule is O=C(c1ccc2c(c1)CCO2)N1CCC(O)(Cc2cccc(-n3ncc4c(=O)[nH]cnc43)c2)CC1. The van der Waals surface area contributed by atoms with Gasteiger partial charge in [0, 0.05) is 31.5 Å². The van der Waals surface area contributed by atoms with Crippen LogP contribution < -0.4 is 10.3 Å². The molecule has 2 aliphatic heterocycles. The third-order valence-electron chi connectivity index (χ3n) is 6.98. The van der Waals surface area contributed by atoms with Crippen molar-refractivity contribution in [2.24, 2.45) is 0 Å². The molecule has 0 spiro atoms. The molecule has 1 saturated heterocycles. The molecule has 0 saturated carbocycles. The fourth-order valence-corrected chi connectivity index (χ4v) is 5.03. The molecule has 2 N–H and O–H groups in total. The highest BCUT2D eigenvalue weighted by molar-refractivity contribution is 5.94. The number of hydrogen-bond acceptors (Lipinski definition) is 6. The van der Waals surface area contributed by atoms with E-state index in [0.717, 1.165) is 29.0 Å². The number of piperidine rings is 1. The fraction of sp³-hybridized carbons (Fsp3) is 0.308. The van der Waals surface area contributed by atoms with Crippen LogP contribution in [0.1, 0.15) is 34.3 Å². The second-order valence-corrected chi connectivity index (χ2v) is 9.31. The summed E-state index contributed by atoms with van der Waals surface area (Å²) in [6.45, 7) is 1.66. The van der Waals surface area contributed by atoms with Crippen LogP contribution in [0.15, 0.2) is 59.8 Å². The molecule has 0 unspecified atom stereocenters. The van der Waals surface area contributed by atoms with Crippen molar-refractivity contribution in [1.29, 1.82) is 0 Å². The van der Waals surface area contributed by atoms with E-state index in [-0.39, 0.29) is 11.5 Å². The summed E-state index contributed by atoms with van der Waals surface area (Å²) in [4.78, 5) is 33.7. The van der Waals surface area contributed by atoms with Crippen molar-refractivity contribution in [3.63, 3.8) is 0 Å². The third-order valence-corrected chi connectivity index (χ3v) is 6.98. The van der Waals surface area contributed by atoms with Crippen molar-refractivity contribution in [2.75, 3.05) is 19.7 Å². The van der Waals surface area contributed by atoms with E-state index in [0.29, 0.717) is 55.6 Å². The Bertz CT molecular complexity index is 1480. The van der Waals surface area contributed by atoms with E-state index in [2.05, 4.69) is 15.1 Å². The number of benzene rings is 2. The Morgan fingerprint density at radius 2 is 2.03 bits per heavy atom. The Labute approximate surface area is 201 Å². The number of H-pyrrole nitrogens is 1. The number of amides is 1. The number of hydrogen-bond donors (Lipinski definition) is 2. The number of carbonyl (C=O) groups excluding carboxylic acids is 1. The topological polar surface area (TPSA) is 113 Å². The van der Waals surface area contributed by atoms with E-state index in [1.807, 2.05) is 47.4 Å². The second kappa shape index (κ2) is 8.35. The van der Waals surface area contributed by atoms with Gasteiger partial charge in [-0.15, -0.1) is 0 Å². The quantitative estimate of drug-likeness (QED) is 0.472. The van der Waals surface area contributed by atoms with E-state index in [9.17, 15) is 14.7 Å². The summed E-state index contributed by atoms with van der Waals surface area (Å²) in [5.74, 6) is 0.860. The minimum absolute atomic E-state index is 0.00297. The number of aromatic amines is 1. The molecule has 4 heterocycles. The van der Waals surface area contributed by atoms with Crippen molar-refractivity contribution in [1.82, 2.24) is 24.6 Å². The van der Waals surface area contributed by atoms with Crippen LogP contribution in [0.25, 0.3) is 16.7 Å². The summed E-state index contributed by atoms with van der Waals surface area (Å²) in [6.07, 6.45) is 5.16. The van der Waals surface area contributed by atoms with Gasteiger partial charge in [-0.1, -0.05) is 12.1 Å². The number of carbonyl (C=O) groups is 1. The average Bonchev–Trinajstić information content (AvgIpc) is 3.51. The van der Waals surface area contributed by atoms with Gasteiger partial charge >= 0.3 is 0 Å². The first-order valence-corrected chi connectivity index (χ1v) is 11.8. The molecular formula is C26H25N5O4. The van der Waals surface area contributed by atoms with Crippen LogP contribution in [0.2, 0.25) is 0 Å². The molecule has 178 valence electrons. The van der Waals surface area contributed by atoms with E-state index in [1.165, 1.54) is 12.5 Å². The normalized spacial score (nSPS) is 16.8. The first kappa shape index (κ1) is 21.5. The molecule has 0 atom stereocenters. The van der Waals surface area contributed by atoms with Gasteiger partial charge in [0.25, 0.3) is 11.5 Å². The lowest BCUT2D eigenvalue weighted by Crippen LogP contribution is -2.47. The maximum absolute atomic E-state index is 13.0. The van der Waals surface area contributed by atoms with Crippen molar-refractivity contribution in [2.45, 2.75) is 31.3 Å². The summed E-state index contributed by atoms with van der Waals surface area (Å²) in [6, 6.07) is 13.3. The lowest BCUT2D eigenvalue weighted by molar-refractivity contribution is -0.0162. The Kier molecular flexibility index (Phi) is 5.14. The summed E-state index contributed by atoms with van der Waals surface area (Å²) in [5, 5.41) is 16.1. The van der Waals surface area contributed by atoms with E-state index in [1.54, 1.807) is 4.68 Å². The van der Waals surface area contributed by atoms with Crippen LogP contribution in [0, 0.1) is 0 Å². The number of fused-ring (bicyclic) bond motifs is 2. The number of nitrogens with zero attached hydrogens (tertiary/aromatic N) is 4. The van der Waals surface area contributed by atoms with Gasteiger partial charge in [0.2, 0.25) is 0 Å². The van der Waals surface area contributed by atoms with Gasteiger partial charge in [-0.3, -0.25) is 9.59 Å². The van der Waals surface area contributed by atoms with Gasteiger partial charge in [-0.2, -0.15) is 5.10 Å². The zero-order valence-corrected chi connectivity index (χ0v) is 19.1. The Balaban J connectivity index is 1.15. The summed E-state index contributed by atoms with van der Waals surface area (Å²) in [5.41, 5.74) is 2.82. The van der Waals surface area contributed by atoms with Gasteiger partial charge in [0.05, 0.1) is 30.4 Å². The van der Waals surface area contributed by atoms with Crippen LogP contribution in [0.3, 0.4) is 0 Å². The van der Waals surface area contributed by atoms with E-state index >= 15 is 0 Å². The number of aliphatic hydroxyl groups is 1. The predicted molar refractivity (Wildman–Crippen MR) is 129 cm³/mol. The molecule has 9 heteroatoms. The standard InChI is InChI=1S/C26H25N5O4/c32-24-21-15-29-31(23(21)27-16-28-24)20-3-1-2-17(12-20)14-26(34)7-9-30(10-8-26)25(33)19-4-5-22-18(13-19)6-11-35-22/h1-5,12-13,15-16,34H,6-11,14H2,(H,27,28,32). The largest absolute Gasteiger partial charge is 0.493 e. The predicted octanol–water partition coefficient (Wildman–Crippen LogP) is 2.25. The monoisotopic (exact) mass is 471 g/mol. The average molecular weight is 472 g/mol. The van der Waals surface area contributed by atoms with Gasteiger partial charge < -0.3 is 19.7 Å². The highest BCUT2D eigenvalue weighted by Gasteiger charge is 2.34. The van der Waals surface area contributed by atoms with Crippen LogP contribution >= 0.6 is 0 Å². The molecule has 1 amide bonds. The molecule has 4 aromatic rings. The second-order valence-electron chi connectivity index (χ2n) is 9.31. The zero-order chi connectivity index (χ0) is 24.0. The molecule has 0 bridgehead atoms. The zero-order valence-electron chi connectivity index (χ0n) is 19.1. The molecule has 35 heavy (non-hydrogen) atoms. The first-order valence-electron chi connectivity index (χ1n) is 11.8. The number of nitrogens with one attached hydrogen (secondary N) is 1. The number of rotatable bonds is 4. The fourth-order valence-electron chi connectivity index (χ4n) is 5.03. The van der Waals surface area contributed by atoms with Crippen LogP contribution in [0.5, 0.6) is 5.75 Å². The summed E-state index contributed by atoms with van der Waals surface area (Å²) >= 11 is 0. The molecular weight excluding hydrogens is 446 g/mol. The minimum Gasteiger partial charge on any atom is -0.493 e. The number of aromatic nitrogens is 4. The van der Waals surface area contributed by atoms with Gasteiger partial charge in [-0.25, -0.2) is 9.67 Å². The molecule has 0 radical (unpaired) electrons. The van der Waals surface area contributed by atoms with Gasteiger partial charge in [0.15, 0.2) is 5.65 Å². The van der Waals surface area contributed by atoms with Crippen molar-refractivity contribution in [3.05, 3.63) is 82.0 Å².